The van der Waals surface area contributed by atoms with Gasteiger partial charge in [-0.2, -0.15) is 0 Å². The summed E-state index contributed by atoms with van der Waals surface area (Å²) < 4.78 is 3.40. The number of benzene rings is 1. The summed E-state index contributed by atoms with van der Waals surface area (Å²) in [6.45, 7) is 0.913. The molecule has 0 fully saturated rings. The Hall–Kier alpha value is -3.42. The lowest BCUT2D eigenvalue weighted by molar-refractivity contribution is 0.0736. The number of rotatable bonds is 1. The quantitative estimate of drug-likeness (QED) is 0.601. The summed E-state index contributed by atoms with van der Waals surface area (Å²) in [6.07, 6.45) is 0.710. The van der Waals surface area contributed by atoms with Crippen molar-refractivity contribution in [1.82, 2.24) is 18.6 Å². The van der Waals surface area contributed by atoms with Crippen molar-refractivity contribution in [2.45, 2.75) is 13.0 Å². The van der Waals surface area contributed by atoms with Crippen molar-refractivity contribution in [3.63, 3.8) is 0 Å². The third-order valence-electron chi connectivity index (χ3n) is 5.47. The van der Waals surface area contributed by atoms with E-state index in [1.807, 2.05) is 24.3 Å². The van der Waals surface area contributed by atoms with Crippen molar-refractivity contribution >= 4 is 16.9 Å². The van der Waals surface area contributed by atoms with Gasteiger partial charge in [0.05, 0.1) is 10.9 Å². The molecule has 2 aromatic heterocycles. The third kappa shape index (κ3) is 2.52. The van der Waals surface area contributed by atoms with Gasteiger partial charge in [0.1, 0.15) is 5.65 Å². The highest BCUT2D eigenvalue weighted by Crippen LogP contribution is 2.21. The van der Waals surface area contributed by atoms with E-state index >= 15 is 0 Å². The van der Waals surface area contributed by atoms with Gasteiger partial charge >= 0.3 is 5.69 Å². The van der Waals surface area contributed by atoms with Crippen molar-refractivity contribution in [3.05, 3.63) is 78.2 Å². The Labute approximate surface area is 159 Å². The standard InChI is InChI=1S/C20H20N4O4/c1-21-15(25)10-14(16-17(21)22(2)20(28)23(3)19(16)27)18(26)24-9-8-12-6-4-5-7-13(12)11-24/h4-7,10H,8-9,11H2,1-3H3. The molecule has 0 saturated heterocycles. The lowest BCUT2D eigenvalue weighted by Gasteiger charge is -2.29. The Kier molecular flexibility index (Phi) is 4.06. The summed E-state index contributed by atoms with van der Waals surface area (Å²) in [7, 11) is 4.32. The number of pyridine rings is 1. The van der Waals surface area contributed by atoms with Crippen LogP contribution in [0, 0.1) is 0 Å². The van der Waals surface area contributed by atoms with Crippen LogP contribution in [0.25, 0.3) is 11.0 Å². The van der Waals surface area contributed by atoms with E-state index in [0.29, 0.717) is 19.5 Å². The van der Waals surface area contributed by atoms with Gasteiger partial charge in [-0.05, 0) is 17.5 Å². The molecule has 0 unspecified atom stereocenters. The molecule has 0 spiro atoms. The second-order valence-electron chi connectivity index (χ2n) is 7.11. The molecule has 8 heteroatoms. The highest BCUT2D eigenvalue weighted by atomic mass is 16.2. The number of amides is 1. The zero-order valence-electron chi connectivity index (χ0n) is 15.9. The molecule has 0 aliphatic carbocycles. The molecule has 0 saturated carbocycles. The Morgan fingerprint density at radius 3 is 2.32 bits per heavy atom. The Morgan fingerprint density at radius 2 is 1.61 bits per heavy atom. The maximum Gasteiger partial charge on any atom is 0.332 e. The van der Waals surface area contributed by atoms with Crippen molar-refractivity contribution in [2.24, 2.45) is 21.1 Å². The highest BCUT2D eigenvalue weighted by molar-refractivity contribution is 6.05. The van der Waals surface area contributed by atoms with Gasteiger partial charge in [0, 0.05) is 40.3 Å². The third-order valence-corrected chi connectivity index (χ3v) is 5.47. The van der Waals surface area contributed by atoms with Gasteiger partial charge in [-0.25, -0.2) is 4.79 Å². The molecule has 4 rings (SSSR count). The molecule has 3 heterocycles. The van der Waals surface area contributed by atoms with E-state index in [0.717, 1.165) is 10.1 Å². The van der Waals surface area contributed by atoms with Crippen LogP contribution < -0.4 is 16.8 Å². The normalized spacial score (nSPS) is 13.6. The van der Waals surface area contributed by atoms with Gasteiger partial charge in [-0.3, -0.25) is 28.1 Å². The average molecular weight is 380 g/mol. The fourth-order valence-electron chi connectivity index (χ4n) is 3.87. The number of hydrogen-bond donors (Lipinski definition) is 0. The molecule has 0 N–H and O–H groups in total. The number of hydrogen-bond acceptors (Lipinski definition) is 4. The van der Waals surface area contributed by atoms with Crippen LogP contribution in [0.3, 0.4) is 0 Å². The van der Waals surface area contributed by atoms with E-state index in [-0.39, 0.29) is 22.5 Å². The van der Waals surface area contributed by atoms with Crippen molar-refractivity contribution in [1.29, 1.82) is 0 Å². The van der Waals surface area contributed by atoms with Gasteiger partial charge in [-0.1, -0.05) is 24.3 Å². The zero-order chi connectivity index (χ0) is 20.2. The van der Waals surface area contributed by atoms with E-state index in [4.69, 9.17) is 0 Å². The Morgan fingerprint density at radius 1 is 0.929 bits per heavy atom. The van der Waals surface area contributed by atoms with Crippen LogP contribution in [0.4, 0.5) is 0 Å². The molecular weight excluding hydrogens is 360 g/mol. The molecule has 144 valence electrons. The maximum atomic E-state index is 13.3. The van der Waals surface area contributed by atoms with E-state index in [9.17, 15) is 19.2 Å². The summed E-state index contributed by atoms with van der Waals surface area (Å²) in [5, 5.41) is 0.0792. The van der Waals surface area contributed by atoms with E-state index in [1.165, 1.54) is 41.9 Å². The van der Waals surface area contributed by atoms with Gasteiger partial charge in [0.25, 0.3) is 17.0 Å². The van der Waals surface area contributed by atoms with Crippen molar-refractivity contribution < 1.29 is 4.79 Å². The molecule has 1 aromatic carbocycles. The second-order valence-corrected chi connectivity index (χ2v) is 7.11. The molecule has 8 nitrogen and oxygen atoms in total. The molecule has 28 heavy (non-hydrogen) atoms. The van der Waals surface area contributed by atoms with Crippen LogP contribution in [0.1, 0.15) is 21.5 Å². The minimum absolute atomic E-state index is 0.0358. The molecule has 0 radical (unpaired) electrons. The first-order chi connectivity index (χ1) is 13.3. The second kappa shape index (κ2) is 6.33. The predicted molar refractivity (Wildman–Crippen MR) is 105 cm³/mol. The Bertz CT molecular complexity index is 1310. The lowest BCUT2D eigenvalue weighted by atomic mass is 9.99. The topological polar surface area (TPSA) is 86.3 Å². The van der Waals surface area contributed by atoms with E-state index in [1.54, 1.807) is 4.90 Å². The van der Waals surface area contributed by atoms with Crippen LogP contribution >= 0.6 is 0 Å². The maximum absolute atomic E-state index is 13.3. The molecule has 0 bridgehead atoms. The number of carbonyl (C=O) groups excluding carboxylic acids is 1. The number of aromatic nitrogens is 3. The molecule has 3 aromatic rings. The molecule has 0 atom stereocenters. The first-order valence-corrected chi connectivity index (χ1v) is 8.97. The van der Waals surface area contributed by atoms with Gasteiger partial charge < -0.3 is 4.90 Å². The monoisotopic (exact) mass is 380 g/mol. The highest BCUT2D eigenvalue weighted by Gasteiger charge is 2.26. The van der Waals surface area contributed by atoms with E-state index < -0.39 is 16.8 Å². The summed E-state index contributed by atoms with van der Waals surface area (Å²) in [6, 6.07) is 9.09. The predicted octanol–water partition coefficient (Wildman–Crippen LogP) is 0.134. The van der Waals surface area contributed by atoms with Crippen LogP contribution in [0.15, 0.2) is 44.7 Å². The number of fused-ring (bicyclic) bond motifs is 2. The average Bonchev–Trinajstić information content (AvgIpc) is 2.71. The number of carbonyl (C=O) groups is 1. The van der Waals surface area contributed by atoms with Gasteiger partial charge in [-0.15, -0.1) is 0 Å². The lowest BCUT2D eigenvalue weighted by Crippen LogP contribution is -2.42. The van der Waals surface area contributed by atoms with Crippen LogP contribution in [0.5, 0.6) is 0 Å². The largest absolute Gasteiger partial charge is 0.334 e. The van der Waals surface area contributed by atoms with Gasteiger partial charge in [0.2, 0.25) is 0 Å². The van der Waals surface area contributed by atoms with Crippen molar-refractivity contribution in [2.75, 3.05) is 6.54 Å². The van der Waals surface area contributed by atoms with Gasteiger partial charge in [0.15, 0.2) is 0 Å². The smallest absolute Gasteiger partial charge is 0.332 e. The molecule has 1 aliphatic rings. The number of nitrogens with zero attached hydrogens (tertiary/aromatic N) is 4. The summed E-state index contributed by atoms with van der Waals surface area (Å²) in [5.41, 5.74) is 0.833. The molecule has 1 amide bonds. The zero-order valence-corrected chi connectivity index (χ0v) is 15.9. The first-order valence-electron chi connectivity index (χ1n) is 8.97. The fourth-order valence-corrected chi connectivity index (χ4v) is 3.87. The van der Waals surface area contributed by atoms with E-state index in [2.05, 4.69) is 0 Å². The SMILES string of the molecule is Cn1c(=O)c2c(C(=O)N3CCc4ccccc4C3)cc(=O)n(C)c2n(C)c1=O. The van der Waals surface area contributed by atoms with Crippen molar-refractivity contribution in [3.8, 4) is 0 Å². The fraction of sp³-hybridized carbons (Fsp3) is 0.300. The van der Waals surface area contributed by atoms with Crippen LogP contribution in [-0.4, -0.2) is 31.1 Å². The number of aryl methyl sites for hydroxylation is 2. The minimum Gasteiger partial charge on any atom is -0.334 e. The van der Waals surface area contributed by atoms with Crippen LogP contribution in [0.2, 0.25) is 0 Å². The van der Waals surface area contributed by atoms with Crippen LogP contribution in [-0.2, 0) is 34.1 Å². The Balaban J connectivity index is 1.94. The minimum atomic E-state index is -0.588. The first kappa shape index (κ1) is 18.0. The molecular formula is C20H20N4O4. The molecule has 1 aliphatic heterocycles. The summed E-state index contributed by atoms with van der Waals surface area (Å²) in [5.74, 6) is -0.382. The summed E-state index contributed by atoms with van der Waals surface area (Å²) in [4.78, 5) is 52.5. The summed E-state index contributed by atoms with van der Waals surface area (Å²) >= 11 is 0.